The fraction of sp³-hybridized carbons (Fsp3) is 0.462. The Morgan fingerprint density at radius 1 is 1.50 bits per heavy atom. The highest BCUT2D eigenvalue weighted by Gasteiger charge is 2.28. The van der Waals surface area contributed by atoms with Crippen molar-refractivity contribution < 1.29 is 4.79 Å². The average Bonchev–Trinajstić information content (AvgIpc) is 2.39. The third-order valence-corrected chi connectivity index (χ3v) is 3.25. The highest BCUT2D eigenvalue weighted by Crippen LogP contribution is 2.17. The third kappa shape index (κ3) is 2.84. The zero-order valence-corrected chi connectivity index (χ0v) is 10.4. The van der Waals surface area contributed by atoms with Crippen LogP contribution < -0.4 is 10.6 Å². The van der Waals surface area contributed by atoms with E-state index >= 15 is 0 Å². The van der Waals surface area contributed by atoms with Crippen molar-refractivity contribution in [1.82, 2.24) is 15.6 Å². The molecule has 1 saturated heterocycles. The van der Waals surface area contributed by atoms with Gasteiger partial charge in [-0.2, -0.15) is 5.26 Å². The van der Waals surface area contributed by atoms with Crippen LogP contribution in [0, 0.1) is 11.3 Å². The Morgan fingerprint density at radius 2 is 2.22 bits per heavy atom. The first-order chi connectivity index (χ1) is 8.63. The first-order valence-electron chi connectivity index (χ1n) is 6.02. The molecule has 0 radical (unpaired) electrons. The summed E-state index contributed by atoms with van der Waals surface area (Å²) in [4.78, 5) is 16.0. The van der Waals surface area contributed by atoms with Crippen LogP contribution in [0.2, 0.25) is 0 Å². The zero-order valence-electron chi connectivity index (χ0n) is 10.4. The molecular formula is C13H16N4O. The van der Waals surface area contributed by atoms with Crippen LogP contribution in [0.4, 0.5) is 0 Å². The summed E-state index contributed by atoms with van der Waals surface area (Å²) in [5, 5.41) is 15.0. The highest BCUT2D eigenvalue weighted by atomic mass is 16.2. The first-order valence-corrected chi connectivity index (χ1v) is 6.02. The van der Waals surface area contributed by atoms with E-state index in [1.165, 1.54) is 6.20 Å². The van der Waals surface area contributed by atoms with E-state index < -0.39 is 0 Å². The van der Waals surface area contributed by atoms with E-state index in [9.17, 15) is 4.79 Å². The van der Waals surface area contributed by atoms with Gasteiger partial charge in [0.1, 0.15) is 11.8 Å². The number of hydrogen-bond acceptors (Lipinski definition) is 4. The molecule has 1 aromatic rings. The number of rotatable bonds is 2. The van der Waals surface area contributed by atoms with Gasteiger partial charge in [-0.3, -0.25) is 4.79 Å². The van der Waals surface area contributed by atoms with Crippen molar-refractivity contribution in [1.29, 1.82) is 5.26 Å². The molecule has 1 fully saturated rings. The minimum Gasteiger partial charge on any atom is -0.345 e. The standard InChI is InChI=1S/C13H16N4O/c1-13(4-6-15-7-5-13)17-12(18)11-3-2-10(8-14)9-16-11/h2-3,9,15H,4-7H2,1H3,(H,17,18). The van der Waals surface area contributed by atoms with Crippen molar-refractivity contribution >= 4 is 5.91 Å². The second kappa shape index (κ2) is 5.15. The van der Waals surface area contributed by atoms with Crippen LogP contribution >= 0.6 is 0 Å². The minimum absolute atomic E-state index is 0.169. The van der Waals surface area contributed by atoms with Crippen LogP contribution in [0.1, 0.15) is 35.8 Å². The van der Waals surface area contributed by atoms with Gasteiger partial charge in [0.25, 0.3) is 5.91 Å². The Kier molecular flexibility index (Phi) is 3.58. The average molecular weight is 244 g/mol. The van der Waals surface area contributed by atoms with Crippen LogP contribution in [-0.2, 0) is 0 Å². The Hall–Kier alpha value is -1.93. The Morgan fingerprint density at radius 3 is 2.78 bits per heavy atom. The van der Waals surface area contributed by atoms with Crippen molar-refractivity contribution in [3.63, 3.8) is 0 Å². The Bertz CT molecular complexity index is 469. The van der Waals surface area contributed by atoms with E-state index in [0.717, 1.165) is 25.9 Å². The van der Waals surface area contributed by atoms with Gasteiger partial charge < -0.3 is 10.6 Å². The van der Waals surface area contributed by atoms with E-state index in [4.69, 9.17) is 5.26 Å². The van der Waals surface area contributed by atoms with E-state index in [1.54, 1.807) is 12.1 Å². The molecule has 1 aliphatic heterocycles. The summed E-state index contributed by atoms with van der Waals surface area (Å²) in [5.74, 6) is -0.177. The lowest BCUT2D eigenvalue weighted by atomic mass is 9.90. The number of nitrogens with zero attached hydrogens (tertiary/aromatic N) is 2. The molecule has 5 nitrogen and oxygen atoms in total. The molecule has 0 spiro atoms. The van der Waals surface area contributed by atoms with Gasteiger partial charge in [-0.1, -0.05) is 0 Å². The van der Waals surface area contributed by atoms with Crippen molar-refractivity contribution in [2.75, 3.05) is 13.1 Å². The molecule has 0 aromatic carbocycles. The molecule has 94 valence electrons. The number of carbonyl (C=O) groups is 1. The zero-order chi connectivity index (χ0) is 13.0. The molecule has 0 bridgehead atoms. The fourth-order valence-corrected chi connectivity index (χ4v) is 2.04. The monoisotopic (exact) mass is 244 g/mol. The summed E-state index contributed by atoms with van der Waals surface area (Å²) in [6.45, 7) is 3.88. The van der Waals surface area contributed by atoms with Crippen molar-refractivity contribution in [2.24, 2.45) is 0 Å². The van der Waals surface area contributed by atoms with Gasteiger partial charge in [-0.25, -0.2) is 4.98 Å². The van der Waals surface area contributed by atoms with Crippen molar-refractivity contribution in [2.45, 2.75) is 25.3 Å². The van der Waals surface area contributed by atoms with Crippen molar-refractivity contribution in [3.05, 3.63) is 29.6 Å². The quantitative estimate of drug-likeness (QED) is 0.807. The highest BCUT2D eigenvalue weighted by molar-refractivity contribution is 5.92. The van der Waals surface area contributed by atoms with E-state index in [1.807, 2.05) is 6.07 Å². The number of piperidine rings is 1. The molecule has 18 heavy (non-hydrogen) atoms. The van der Waals surface area contributed by atoms with Crippen LogP contribution in [0.5, 0.6) is 0 Å². The van der Waals surface area contributed by atoms with Gasteiger partial charge in [-0.15, -0.1) is 0 Å². The predicted molar refractivity (Wildman–Crippen MR) is 66.9 cm³/mol. The first kappa shape index (κ1) is 12.5. The maximum atomic E-state index is 12.0. The lowest BCUT2D eigenvalue weighted by molar-refractivity contribution is 0.0882. The van der Waals surface area contributed by atoms with Crippen LogP contribution in [0.15, 0.2) is 18.3 Å². The summed E-state index contributed by atoms with van der Waals surface area (Å²) in [5.41, 5.74) is 0.645. The summed E-state index contributed by atoms with van der Waals surface area (Å²) >= 11 is 0. The number of aromatic nitrogens is 1. The molecule has 2 N–H and O–H groups in total. The molecule has 2 rings (SSSR count). The third-order valence-electron chi connectivity index (χ3n) is 3.25. The predicted octanol–water partition coefficient (Wildman–Crippen LogP) is 0.825. The lowest BCUT2D eigenvalue weighted by Crippen LogP contribution is -2.52. The van der Waals surface area contributed by atoms with Gasteiger partial charge >= 0.3 is 0 Å². The van der Waals surface area contributed by atoms with Gasteiger partial charge in [0.15, 0.2) is 0 Å². The Labute approximate surface area is 106 Å². The second-order valence-electron chi connectivity index (χ2n) is 4.81. The maximum absolute atomic E-state index is 12.0. The molecule has 5 heteroatoms. The number of amides is 1. The topological polar surface area (TPSA) is 77.8 Å². The molecule has 2 heterocycles. The molecular weight excluding hydrogens is 228 g/mol. The molecule has 1 amide bonds. The number of nitriles is 1. The van der Waals surface area contributed by atoms with Gasteiger partial charge in [0.2, 0.25) is 0 Å². The summed E-state index contributed by atoms with van der Waals surface area (Å²) < 4.78 is 0. The summed E-state index contributed by atoms with van der Waals surface area (Å²) in [7, 11) is 0. The van der Waals surface area contributed by atoms with Crippen LogP contribution in [-0.4, -0.2) is 29.5 Å². The SMILES string of the molecule is CC1(NC(=O)c2ccc(C#N)cn2)CCNCC1. The minimum atomic E-state index is -0.177. The van der Waals surface area contributed by atoms with Crippen molar-refractivity contribution in [3.8, 4) is 6.07 Å². The molecule has 0 aliphatic carbocycles. The summed E-state index contributed by atoms with van der Waals surface area (Å²) in [6, 6.07) is 5.16. The van der Waals surface area contributed by atoms with Gasteiger partial charge in [0.05, 0.1) is 5.56 Å². The van der Waals surface area contributed by atoms with Crippen LogP contribution in [0.3, 0.4) is 0 Å². The number of pyridine rings is 1. The number of hydrogen-bond donors (Lipinski definition) is 2. The maximum Gasteiger partial charge on any atom is 0.270 e. The normalized spacial score (nSPS) is 17.8. The molecule has 0 saturated carbocycles. The Balaban J connectivity index is 2.04. The fourth-order valence-electron chi connectivity index (χ4n) is 2.04. The van der Waals surface area contributed by atoms with E-state index in [-0.39, 0.29) is 11.4 Å². The molecule has 1 aliphatic rings. The molecule has 1 aromatic heterocycles. The smallest absolute Gasteiger partial charge is 0.270 e. The van der Waals surface area contributed by atoms with Gasteiger partial charge in [-0.05, 0) is 45.0 Å². The molecule has 0 unspecified atom stereocenters. The number of nitrogens with one attached hydrogen (secondary N) is 2. The van der Waals surface area contributed by atoms with Gasteiger partial charge in [0, 0.05) is 11.7 Å². The summed E-state index contributed by atoms with van der Waals surface area (Å²) in [6.07, 6.45) is 3.24. The van der Waals surface area contributed by atoms with Crippen LogP contribution in [0.25, 0.3) is 0 Å². The van der Waals surface area contributed by atoms with E-state index in [0.29, 0.717) is 11.3 Å². The number of carbonyl (C=O) groups excluding carboxylic acids is 1. The van der Waals surface area contributed by atoms with E-state index in [2.05, 4.69) is 22.5 Å². The largest absolute Gasteiger partial charge is 0.345 e. The lowest BCUT2D eigenvalue weighted by Gasteiger charge is -2.34. The second-order valence-corrected chi connectivity index (χ2v) is 4.81. The molecule has 0 atom stereocenters.